The molecule has 19 heavy (non-hydrogen) atoms. The van der Waals surface area contributed by atoms with Crippen molar-refractivity contribution >= 4 is 23.2 Å². The van der Waals surface area contributed by atoms with E-state index in [9.17, 15) is 4.79 Å². The first-order valence-electron chi connectivity index (χ1n) is 6.36. The molecule has 1 heterocycles. The smallest absolute Gasteiger partial charge is 0.239 e. The highest BCUT2D eigenvalue weighted by Crippen LogP contribution is 2.19. The molecule has 6 heteroatoms. The monoisotopic (exact) mass is 282 g/mol. The van der Waals surface area contributed by atoms with Gasteiger partial charge in [-0.2, -0.15) is 0 Å². The van der Waals surface area contributed by atoms with Crippen molar-refractivity contribution in [2.75, 3.05) is 45.1 Å². The van der Waals surface area contributed by atoms with Gasteiger partial charge in [0.25, 0.3) is 0 Å². The fourth-order valence-electron chi connectivity index (χ4n) is 1.91. The molecule has 0 aliphatic carbocycles. The predicted molar refractivity (Wildman–Crippen MR) is 77.2 cm³/mol. The van der Waals surface area contributed by atoms with Crippen LogP contribution in [-0.2, 0) is 4.79 Å². The van der Waals surface area contributed by atoms with Gasteiger partial charge in [-0.15, -0.1) is 0 Å². The summed E-state index contributed by atoms with van der Waals surface area (Å²) < 4.78 is 0. The SMILES string of the molecule is CN1CCN(NCC(=O)Nc2ccccc2Cl)CC1. The zero-order chi connectivity index (χ0) is 13.7. The molecule has 2 N–H and O–H groups in total. The van der Waals surface area contributed by atoms with Crippen LogP contribution in [0.3, 0.4) is 0 Å². The zero-order valence-corrected chi connectivity index (χ0v) is 11.8. The Balaban J connectivity index is 1.74. The summed E-state index contributed by atoms with van der Waals surface area (Å²) in [6.07, 6.45) is 0. The van der Waals surface area contributed by atoms with E-state index in [2.05, 4.69) is 27.7 Å². The highest BCUT2D eigenvalue weighted by molar-refractivity contribution is 6.33. The number of nitrogens with zero attached hydrogens (tertiary/aromatic N) is 2. The number of amides is 1. The summed E-state index contributed by atoms with van der Waals surface area (Å²) in [6.45, 7) is 4.14. The summed E-state index contributed by atoms with van der Waals surface area (Å²) >= 11 is 5.98. The molecule has 1 fully saturated rings. The van der Waals surface area contributed by atoms with Gasteiger partial charge in [0.15, 0.2) is 0 Å². The molecule has 1 aliphatic heterocycles. The lowest BCUT2D eigenvalue weighted by atomic mass is 10.3. The second-order valence-corrected chi connectivity index (χ2v) is 5.06. The van der Waals surface area contributed by atoms with Gasteiger partial charge in [-0.3, -0.25) is 4.79 Å². The number of anilines is 1. The molecule has 0 spiro atoms. The summed E-state index contributed by atoms with van der Waals surface area (Å²) in [5.74, 6) is -0.0907. The zero-order valence-electron chi connectivity index (χ0n) is 11.0. The van der Waals surface area contributed by atoms with Gasteiger partial charge in [0.2, 0.25) is 5.91 Å². The maximum absolute atomic E-state index is 11.8. The van der Waals surface area contributed by atoms with Crippen LogP contribution < -0.4 is 10.7 Å². The van der Waals surface area contributed by atoms with Gasteiger partial charge in [0.05, 0.1) is 17.3 Å². The van der Waals surface area contributed by atoms with Crippen molar-refractivity contribution in [1.29, 1.82) is 0 Å². The molecule has 1 aromatic rings. The van der Waals surface area contributed by atoms with Crippen LogP contribution >= 0.6 is 11.6 Å². The van der Waals surface area contributed by atoms with E-state index < -0.39 is 0 Å². The number of carbonyl (C=O) groups is 1. The third-order valence-corrected chi connectivity index (χ3v) is 3.44. The normalized spacial score (nSPS) is 17.4. The summed E-state index contributed by atoms with van der Waals surface area (Å²) in [5.41, 5.74) is 3.78. The Bertz CT molecular complexity index is 432. The van der Waals surface area contributed by atoms with E-state index in [-0.39, 0.29) is 12.5 Å². The minimum Gasteiger partial charge on any atom is -0.324 e. The van der Waals surface area contributed by atoms with E-state index in [4.69, 9.17) is 11.6 Å². The number of carbonyl (C=O) groups excluding carboxylic acids is 1. The van der Waals surface area contributed by atoms with Crippen LogP contribution in [0.1, 0.15) is 0 Å². The van der Waals surface area contributed by atoms with Gasteiger partial charge < -0.3 is 10.2 Å². The molecule has 0 atom stereocenters. The Kier molecular flexibility index (Phi) is 5.15. The topological polar surface area (TPSA) is 47.6 Å². The summed E-state index contributed by atoms with van der Waals surface area (Å²) in [7, 11) is 2.10. The second kappa shape index (κ2) is 6.86. The van der Waals surface area contributed by atoms with E-state index in [0.717, 1.165) is 26.2 Å². The lowest BCUT2D eigenvalue weighted by molar-refractivity contribution is -0.116. The largest absolute Gasteiger partial charge is 0.324 e. The first kappa shape index (κ1) is 14.3. The highest BCUT2D eigenvalue weighted by Gasteiger charge is 2.14. The van der Waals surface area contributed by atoms with Crippen molar-refractivity contribution in [2.24, 2.45) is 0 Å². The maximum Gasteiger partial charge on any atom is 0.239 e. The van der Waals surface area contributed by atoms with E-state index in [1.807, 2.05) is 12.1 Å². The van der Waals surface area contributed by atoms with E-state index in [1.165, 1.54) is 0 Å². The number of hydrazine groups is 1. The maximum atomic E-state index is 11.8. The average molecular weight is 283 g/mol. The van der Waals surface area contributed by atoms with E-state index in [1.54, 1.807) is 12.1 Å². The average Bonchev–Trinajstić information content (AvgIpc) is 2.41. The summed E-state index contributed by atoms with van der Waals surface area (Å²) in [4.78, 5) is 14.1. The molecule has 104 valence electrons. The molecule has 1 aliphatic rings. The Hall–Kier alpha value is -1.14. The molecular weight excluding hydrogens is 264 g/mol. The molecule has 0 saturated carbocycles. The summed E-state index contributed by atoms with van der Waals surface area (Å²) in [5, 5.41) is 5.42. The second-order valence-electron chi connectivity index (χ2n) is 4.65. The highest BCUT2D eigenvalue weighted by atomic mass is 35.5. The number of likely N-dealkylation sites (N-methyl/N-ethyl adjacent to an activating group) is 1. The Morgan fingerprint density at radius 1 is 1.26 bits per heavy atom. The third kappa shape index (κ3) is 4.47. The minimum absolute atomic E-state index is 0.0907. The van der Waals surface area contributed by atoms with Gasteiger partial charge in [-0.1, -0.05) is 23.7 Å². The lowest BCUT2D eigenvalue weighted by Crippen LogP contribution is -2.52. The van der Waals surface area contributed by atoms with Crippen LogP contribution in [0.2, 0.25) is 5.02 Å². The number of nitrogens with one attached hydrogen (secondary N) is 2. The summed E-state index contributed by atoms with van der Waals surface area (Å²) in [6, 6.07) is 7.22. The van der Waals surface area contributed by atoms with E-state index >= 15 is 0 Å². The van der Waals surface area contributed by atoms with Gasteiger partial charge >= 0.3 is 0 Å². The van der Waals surface area contributed by atoms with Crippen molar-refractivity contribution in [3.8, 4) is 0 Å². The van der Waals surface area contributed by atoms with Gasteiger partial charge in [-0.25, -0.2) is 10.4 Å². The first-order chi connectivity index (χ1) is 9.15. The van der Waals surface area contributed by atoms with Crippen molar-refractivity contribution < 1.29 is 4.79 Å². The van der Waals surface area contributed by atoms with Crippen LogP contribution in [-0.4, -0.2) is 55.6 Å². The fraction of sp³-hybridized carbons (Fsp3) is 0.462. The molecule has 5 nitrogen and oxygen atoms in total. The minimum atomic E-state index is -0.0907. The van der Waals surface area contributed by atoms with Crippen molar-refractivity contribution in [3.63, 3.8) is 0 Å². The van der Waals surface area contributed by atoms with E-state index in [0.29, 0.717) is 10.7 Å². The van der Waals surface area contributed by atoms with Crippen LogP contribution in [0.4, 0.5) is 5.69 Å². The molecule has 0 aromatic heterocycles. The number of hydrogen-bond donors (Lipinski definition) is 2. The number of piperazine rings is 1. The molecule has 0 radical (unpaired) electrons. The quantitative estimate of drug-likeness (QED) is 0.866. The van der Waals surface area contributed by atoms with Crippen LogP contribution in [0, 0.1) is 0 Å². The molecule has 1 aromatic carbocycles. The lowest BCUT2D eigenvalue weighted by Gasteiger charge is -2.32. The Morgan fingerprint density at radius 2 is 1.95 bits per heavy atom. The van der Waals surface area contributed by atoms with Crippen molar-refractivity contribution in [2.45, 2.75) is 0 Å². The number of halogens is 1. The fourth-order valence-corrected chi connectivity index (χ4v) is 2.09. The molecule has 0 bridgehead atoms. The standard InChI is InChI=1S/C13H19ClN4O/c1-17-6-8-18(9-7-17)15-10-13(19)16-12-5-3-2-4-11(12)14/h2-5,15H,6-10H2,1H3,(H,16,19). The molecular formula is C13H19ClN4O. The Labute approximate surface area is 118 Å². The van der Waals surface area contributed by atoms with Crippen LogP contribution in [0.15, 0.2) is 24.3 Å². The Morgan fingerprint density at radius 3 is 2.63 bits per heavy atom. The van der Waals surface area contributed by atoms with Gasteiger partial charge in [0.1, 0.15) is 0 Å². The molecule has 1 amide bonds. The van der Waals surface area contributed by atoms with Gasteiger partial charge in [0, 0.05) is 26.2 Å². The number of rotatable bonds is 4. The molecule has 2 rings (SSSR count). The van der Waals surface area contributed by atoms with Crippen molar-refractivity contribution in [1.82, 2.24) is 15.3 Å². The van der Waals surface area contributed by atoms with Crippen LogP contribution in [0.25, 0.3) is 0 Å². The number of benzene rings is 1. The molecule has 0 unspecified atom stereocenters. The number of hydrogen-bond acceptors (Lipinski definition) is 4. The van der Waals surface area contributed by atoms with Crippen LogP contribution in [0.5, 0.6) is 0 Å². The third-order valence-electron chi connectivity index (χ3n) is 3.11. The van der Waals surface area contributed by atoms with Gasteiger partial charge in [-0.05, 0) is 19.2 Å². The predicted octanol–water partition coefficient (Wildman–Crippen LogP) is 1.03. The number of para-hydroxylation sites is 1. The van der Waals surface area contributed by atoms with Crippen molar-refractivity contribution in [3.05, 3.63) is 29.3 Å². The molecule has 1 saturated heterocycles. The first-order valence-corrected chi connectivity index (χ1v) is 6.74.